The molecule has 1 aliphatic rings. The third kappa shape index (κ3) is 3.68. The molecule has 0 fully saturated rings. The van der Waals surface area contributed by atoms with Crippen molar-refractivity contribution in [1.29, 1.82) is 0 Å². The summed E-state index contributed by atoms with van der Waals surface area (Å²) in [6.45, 7) is 2.15. The maximum atomic E-state index is 12.1. The average molecular weight is 264 g/mol. The van der Waals surface area contributed by atoms with Crippen LogP contribution in [0, 0.1) is 0 Å². The van der Waals surface area contributed by atoms with Crippen molar-refractivity contribution in [2.75, 3.05) is 38.2 Å². The Balaban J connectivity index is 1.92. The van der Waals surface area contributed by atoms with Gasteiger partial charge in [-0.3, -0.25) is 4.79 Å². The van der Waals surface area contributed by atoms with Crippen molar-refractivity contribution in [1.82, 2.24) is 5.32 Å². The number of aliphatic hydroxyl groups is 1. The highest BCUT2D eigenvalue weighted by Gasteiger charge is 2.16. The average Bonchev–Trinajstić information content (AvgIpc) is 2.46. The van der Waals surface area contributed by atoms with E-state index in [0.717, 1.165) is 36.2 Å². The molecule has 0 saturated carbocycles. The number of anilines is 1. The van der Waals surface area contributed by atoms with E-state index in [9.17, 15) is 4.79 Å². The zero-order valence-electron chi connectivity index (χ0n) is 10.9. The molecule has 0 radical (unpaired) electrons. The fourth-order valence-corrected chi connectivity index (χ4v) is 2.22. The first kappa shape index (κ1) is 13.8. The van der Waals surface area contributed by atoms with Gasteiger partial charge in [-0.15, -0.1) is 0 Å². The van der Waals surface area contributed by atoms with E-state index in [0.29, 0.717) is 19.8 Å². The van der Waals surface area contributed by atoms with Gasteiger partial charge >= 0.3 is 0 Å². The zero-order valence-corrected chi connectivity index (χ0v) is 10.9. The second kappa shape index (κ2) is 7.11. The lowest BCUT2D eigenvalue weighted by molar-refractivity contribution is 0.0837. The van der Waals surface area contributed by atoms with Gasteiger partial charge in [0, 0.05) is 24.3 Å². The Labute approximate surface area is 113 Å². The normalized spacial score (nSPS) is 13.5. The molecule has 2 rings (SSSR count). The number of ether oxygens (including phenoxy) is 1. The van der Waals surface area contributed by atoms with Crippen LogP contribution in [0.25, 0.3) is 0 Å². The molecule has 0 aromatic heterocycles. The van der Waals surface area contributed by atoms with Crippen molar-refractivity contribution in [2.24, 2.45) is 0 Å². The van der Waals surface area contributed by atoms with Crippen LogP contribution in [-0.2, 0) is 11.2 Å². The topological polar surface area (TPSA) is 70.6 Å². The molecule has 1 heterocycles. The molecule has 1 aromatic carbocycles. The van der Waals surface area contributed by atoms with Crippen LogP contribution in [0.2, 0.25) is 0 Å². The molecule has 5 nitrogen and oxygen atoms in total. The largest absolute Gasteiger partial charge is 0.394 e. The number of nitrogens with one attached hydrogen (secondary N) is 2. The first-order chi connectivity index (χ1) is 9.33. The van der Waals surface area contributed by atoms with E-state index in [2.05, 4.69) is 10.6 Å². The van der Waals surface area contributed by atoms with Gasteiger partial charge in [-0.25, -0.2) is 0 Å². The summed E-state index contributed by atoms with van der Waals surface area (Å²) in [6, 6.07) is 5.76. The van der Waals surface area contributed by atoms with Crippen LogP contribution in [-0.4, -0.2) is 43.9 Å². The van der Waals surface area contributed by atoms with Gasteiger partial charge < -0.3 is 20.5 Å². The zero-order chi connectivity index (χ0) is 13.5. The Bertz CT molecular complexity index is 435. The number of rotatable bonds is 6. The number of fused-ring (bicyclic) bond motifs is 1. The second-order valence-corrected chi connectivity index (χ2v) is 4.45. The van der Waals surface area contributed by atoms with Crippen molar-refractivity contribution >= 4 is 11.6 Å². The SMILES string of the molecule is O=C(NCCOCCO)c1cccc2c1CCCN2. The lowest BCUT2D eigenvalue weighted by atomic mass is 9.97. The molecule has 3 N–H and O–H groups in total. The lowest BCUT2D eigenvalue weighted by Gasteiger charge is -2.20. The molecule has 1 aromatic rings. The second-order valence-electron chi connectivity index (χ2n) is 4.45. The Morgan fingerprint density at radius 2 is 2.32 bits per heavy atom. The van der Waals surface area contributed by atoms with Crippen molar-refractivity contribution in [2.45, 2.75) is 12.8 Å². The minimum Gasteiger partial charge on any atom is -0.394 e. The summed E-state index contributed by atoms with van der Waals surface area (Å²) < 4.78 is 5.10. The number of hydrogen-bond donors (Lipinski definition) is 3. The van der Waals surface area contributed by atoms with E-state index in [-0.39, 0.29) is 12.5 Å². The van der Waals surface area contributed by atoms with Gasteiger partial charge in [0.1, 0.15) is 0 Å². The van der Waals surface area contributed by atoms with Crippen molar-refractivity contribution in [3.8, 4) is 0 Å². The van der Waals surface area contributed by atoms with Gasteiger partial charge in [0.15, 0.2) is 0 Å². The molecule has 1 amide bonds. The lowest BCUT2D eigenvalue weighted by Crippen LogP contribution is -2.29. The minimum atomic E-state index is -0.0619. The highest BCUT2D eigenvalue weighted by atomic mass is 16.5. The summed E-state index contributed by atoms with van der Waals surface area (Å²) in [7, 11) is 0. The van der Waals surface area contributed by atoms with Gasteiger partial charge in [0.2, 0.25) is 0 Å². The van der Waals surface area contributed by atoms with Gasteiger partial charge in [-0.1, -0.05) is 6.07 Å². The molecule has 19 heavy (non-hydrogen) atoms. The molecular weight excluding hydrogens is 244 g/mol. The Kier molecular flexibility index (Phi) is 5.18. The van der Waals surface area contributed by atoms with Crippen LogP contribution in [0.15, 0.2) is 18.2 Å². The van der Waals surface area contributed by atoms with Gasteiger partial charge in [0.05, 0.1) is 19.8 Å². The van der Waals surface area contributed by atoms with E-state index in [4.69, 9.17) is 9.84 Å². The Morgan fingerprint density at radius 1 is 1.42 bits per heavy atom. The van der Waals surface area contributed by atoms with Crippen LogP contribution in [0.1, 0.15) is 22.3 Å². The molecule has 0 saturated heterocycles. The van der Waals surface area contributed by atoms with E-state index in [1.165, 1.54) is 0 Å². The first-order valence-electron chi connectivity index (χ1n) is 6.65. The van der Waals surface area contributed by atoms with Gasteiger partial charge in [0.25, 0.3) is 5.91 Å². The summed E-state index contributed by atoms with van der Waals surface area (Å²) in [6.07, 6.45) is 1.99. The van der Waals surface area contributed by atoms with E-state index >= 15 is 0 Å². The fraction of sp³-hybridized carbons (Fsp3) is 0.500. The standard InChI is InChI=1S/C14H20N2O3/c17-8-10-19-9-7-16-14(18)12-3-1-5-13-11(12)4-2-6-15-13/h1,3,5,15,17H,2,4,6-10H2,(H,16,18). The predicted molar refractivity (Wildman–Crippen MR) is 73.5 cm³/mol. The third-order valence-corrected chi connectivity index (χ3v) is 3.11. The highest BCUT2D eigenvalue weighted by Crippen LogP contribution is 2.25. The number of amides is 1. The monoisotopic (exact) mass is 264 g/mol. The summed E-state index contributed by atoms with van der Waals surface area (Å²) >= 11 is 0. The van der Waals surface area contributed by atoms with Gasteiger partial charge in [-0.2, -0.15) is 0 Å². The molecule has 0 bridgehead atoms. The van der Waals surface area contributed by atoms with Crippen molar-refractivity contribution < 1.29 is 14.6 Å². The van der Waals surface area contributed by atoms with E-state index in [1.807, 2.05) is 18.2 Å². The molecule has 1 aliphatic heterocycles. The molecular formula is C14H20N2O3. The summed E-state index contributed by atoms with van der Waals surface area (Å²) in [5, 5.41) is 14.7. The summed E-state index contributed by atoms with van der Waals surface area (Å²) in [4.78, 5) is 12.1. The summed E-state index contributed by atoms with van der Waals surface area (Å²) in [5.41, 5.74) is 2.91. The number of hydrogen-bond acceptors (Lipinski definition) is 4. The number of benzene rings is 1. The number of carbonyl (C=O) groups excluding carboxylic acids is 1. The highest BCUT2D eigenvalue weighted by molar-refractivity contribution is 5.97. The van der Waals surface area contributed by atoms with Crippen LogP contribution in [0.5, 0.6) is 0 Å². The van der Waals surface area contributed by atoms with Crippen LogP contribution in [0.3, 0.4) is 0 Å². The quantitative estimate of drug-likeness (QED) is 0.664. The van der Waals surface area contributed by atoms with Crippen LogP contribution >= 0.6 is 0 Å². The molecule has 5 heteroatoms. The number of aliphatic hydroxyl groups excluding tert-OH is 1. The molecule has 0 aliphatic carbocycles. The Morgan fingerprint density at radius 3 is 3.16 bits per heavy atom. The minimum absolute atomic E-state index is 0.00576. The Hall–Kier alpha value is -1.59. The molecule has 0 unspecified atom stereocenters. The van der Waals surface area contributed by atoms with Gasteiger partial charge in [-0.05, 0) is 30.5 Å². The maximum absolute atomic E-state index is 12.1. The van der Waals surface area contributed by atoms with Crippen LogP contribution < -0.4 is 10.6 Å². The smallest absolute Gasteiger partial charge is 0.251 e. The summed E-state index contributed by atoms with van der Waals surface area (Å²) in [5.74, 6) is -0.0619. The molecule has 0 atom stereocenters. The predicted octanol–water partition coefficient (Wildman–Crippen LogP) is 0.783. The molecule has 104 valence electrons. The maximum Gasteiger partial charge on any atom is 0.251 e. The van der Waals surface area contributed by atoms with Crippen LogP contribution in [0.4, 0.5) is 5.69 Å². The first-order valence-corrected chi connectivity index (χ1v) is 6.65. The molecule has 0 spiro atoms. The van der Waals surface area contributed by atoms with Crippen molar-refractivity contribution in [3.63, 3.8) is 0 Å². The third-order valence-electron chi connectivity index (χ3n) is 3.11. The number of carbonyl (C=O) groups is 1. The van der Waals surface area contributed by atoms with Crippen molar-refractivity contribution in [3.05, 3.63) is 29.3 Å². The van der Waals surface area contributed by atoms with E-state index < -0.39 is 0 Å². The fourth-order valence-electron chi connectivity index (χ4n) is 2.22. The van der Waals surface area contributed by atoms with E-state index in [1.54, 1.807) is 0 Å².